The van der Waals surface area contributed by atoms with Gasteiger partial charge in [0.05, 0.1) is 10.6 Å². The first-order valence-electron chi connectivity index (χ1n) is 6.65. The summed E-state index contributed by atoms with van der Waals surface area (Å²) in [7, 11) is -3.83. The molecule has 0 radical (unpaired) electrons. The summed E-state index contributed by atoms with van der Waals surface area (Å²) in [4.78, 5) is 12.1. The van der Waals surface area contributed by atoms with Gasteiger partial charge in [-0.3, -0.25) is 4.79 Å². The van der Waals surface area contributed by atoms with Crippen molar-refractivity contribution in [1.82, 2.24) is 10.2 Å². The van der Waals surface area contributed by atoms with E-state index in [9.17, 15) is 13.2 Å². The molecule has 0 saturated heterocycles. The van der Waals surface area contributed by atoms with Crippen LogP contribution in [0.2, 0.25) is 0 Å². The minimum absolute atomic E-state index is 0.0257. The lowest BCUT2D eigenvalue weighted by atomic mass is 10.1. The van der Waals surface area contributed by atoms with Gasteiger partial charge in [0, 0.05) is 5.69 Å². The monoisotopic (exact) mass is 404 g/mol. The Kier molecular flexibility index (Phi) is 6.26. The van der Waals surface area contributed by atoms with E-state index in [2.05, 4.69) is 15.5 Å². The number of hydrogen-bond acceptors (Lipinski definition) is 8. The average Bonchev–Trinajstić information content (AvgIpc) is 2.96. The van der Waals surface area contributed by atoms with E-state index in [0.29, 0.717) is 10.0 Å². The number of carbonyl (C=O) groups excluding carboxylic acids is 1. The SMILES string of the molecule is CSc1nnc(SCC(=O)Nc2cc(S(N)(=O)=O)cc(C)c2C)s1. The molecule has 2 rings (SSSR count). The lowest BCUT2D eigenvalue weighted by Crippen LogP contribution is -2.17. The van der Waals surface area contributed by atoms with Gasteiger partial charge in [-0.1, -0.05) is 34.9 Å². The molecular formula is C13H16N4O3S4. The second kappa shape index (κ2) is 7.83. The zero-order valence-electron chi connectivity index (χ0n) is 13.2. The Balaban J connectivity index is 2.09. The van der Waals surface area contributed by atoms with Gasteiger partial charge >= 0.3 is 0 Å². The molecule has 11 heteroatoms. The van der Waals surface area contributed by atoms with Crippen LogP contribution in [0.15, 0.2) is 25.7 Å². The molecule has 0 bridgehead atoms. The topological polar surface area (TPSA) is 115 Å². The minimum atomic E-state index is -3.83. The number of aryl methyl sites for hydroxylation is 1. The van der Waals surface area contributed by atoms with Crippen molar-refractivity contribution in [3.05, 3.63) is 23.3 Å². The number of nitrogens with zero attached hydrogens (tertiary/aromatic N) is 2. The summed E-state index contributed by atoms with van der Waals surface area (Å²) in [6.45, 7) is 3.57. The van der Waals surface area contributed by atoms with Crippen molar-refractivity contribution in [2.24, 2.45) is 5.14 Å². The maximum atomic E-state index is 12.1. The minimum Gasteiger partial charge on any atom is -0.325 e. The van der Waals surface area contributed by atoms with Gasteiger partial charge in [-0.05, 0) is 43.4 Å². The van der Waals surface area contributed by atoms with Crippen molar-refractivity contribution in [3.63, 3.8) is 0 Å². The molecule has 7 nitrogen and oxygen atoms in total. The lowest BCUT2D eigenvalue weighted by Gasteiger charge is -2.12. The smallest absolute Gasteiger partial charge is 0.238 e. The van der Waals surface area contributed by atoms with Crippen molar-refractivity contribution >= 4 is 56.5 Å². The molecule has 2 aromatic rings. The molecule has 0 aliphatic heterocycles. The number of nitrogens with two attached hydrogens (primary N) is 1. The maximum Gasteiger partial charge on any atom is 0.238 e. The number of primary sulfonamides is 1. The fraction of sp³-hybridized carbons (Fsp3) is 0.308. The Morgan fingerprint density at radius 3 is 2.54 bits per heavy atom. The first-order chi connectivity index (χ1) is 11.2. The molecular weight excluding hydrogens is 388 g/mol. The quantitative estimate of drug-likeness (QED) is 0.710. The molecule has 0 aliphatic rings. The normalized spacial score (nSPS) is 11.5. The number of nitrogens with one attached hydrogen (secondary N) is 1. The van der Waals surface area contributed by atoms with Crippen molar-refractivity contribution in [3.8, 4) is 0 Å². The number of aromatic nitrogens is 2. The third-order valence-corrected chi connectivity index (χ3v) is 7.06. The van der Waals surface area contributed by atoms with Crippen LogP contribution < -0.4 is 10.5 Å². The summed E-state index contributed by atoms with van der Waals surface area (Å²) < 4.78 is 24.6. The van der Waals surface area contributed by atoms with Crippen LogP contribution in [0.1, 0.15) is 11.1 Å². The van der Waals surface area contributed by atoms with Crippen LogP contribution in [0.4, 0.5) is 5.69 Å². The van der Waals surface area contributed by atoms with Crippen molar-refractivity contribution in [2.45, 2.75) is 27.4 Å². The predicted molar refractivity (Wildman–Crippen MR) is 98.3 cm³/mol. The second-order valence-corrected chi connectivity index (χ2v) is 9.65. The molecule has 0 aliphatic carbocycles. The second-order valence-electron chi connectivity index (χ2n) is 4.83. The first kappa shape index (κ1) is 19.2. The number of sulfonamides is 1. The van der Waals surface area contributed by atoms with Gasteiger partial charge < -0.3 is 5.32 Å². The van der Waals surface area contributed by atoms with Crippen LogP contribution in [-0.2, 0) is 14.8 Å². The number of anilines is 1. The zero-order valence-corrected chi connectivity index (χ0v) is 16.5. The van der Waals surface area contributed by atoms with E-state index in [0.717, 1.165) is 15.5 Å². The third kappa shape index (κ3) is 4.93. The van der Waals surface area contributed by atoms with E-state index in [4.69, 9.17) is 5.14 Å². The van der Waals surface area contributed by atoms with E-state index < -0.39 is 10.0 Å². The molecule has 1 aromatic heterocycles. The molecule has 0 saturated carbocycles. The zero-order chi connectivity index (χ0) is 17.9. The molecule has 1 aromatic carbocycles. The molecule has 24 heavy (non-hydrogen) atoms. The van der Waals surface area contributed by atoms with Crippen LogP contribution in [0.25, 0.3) is 0 Å². The van der Waals surface area contributed by atoms with E-state index in [1.807, 2.05) is 6.26 Å². The Morgan fingerprint density at radius 1 is 1.29 bits per heavy atom. The number of carbonyl (C=O) groups is 1. The Morgan fingerprint density at radius 2 is 1.96 bits per heavy atom. The standard InChI is InChI=1S/C13H16N4O3S4/c1-7-4-9(24(14,19)20)5-10(8(7)2)15-11(18)6-22-13-17-16-12(21-3)23-13/h4-5H,6H2,1-3H3,(H,15,18)(H2,14,19,20). The lowest BCUT2D eigenvalue weighted by molar-refractivity contribution is -0.113. The van der Waals surface area contributed by atoms with Crippen molar-refractivity contribution in [2.75, 3.05) is 17.3 Å². The summed E-state index contributed by atoms with van der Waals surface area (Å²) in [5.74, 6) is -0.101. The molecule has 0 unspecified atom stereocenters. The number of hydrogen-bond donors (Lipinski definition) is 2. The Labute approximate surface area is 152 Å². The summed E-state index contributed by atoms with van der Waals surface area (Å²) in [6.07, 6.45) is 1.91. The first-order valence-corrected chi connectivity index (χ1v) is 11.2. The van der Waals surface area contributed by atoms with E-state index in [-0.39, 0.29) is 16.6 Å². The van der Waals surface area contributed by atoms with E-state index >= 15 is 0 Å². The summed E-state index contributed by atoms with van der Waals surface area (Å²) in [6, 6.07) is 2.86. The highest BCUT2D eigenvalue weighted by molar-refractivity contribution is 8.03. The predicted octanol–water partition coefficient (Wildman–Crippen LogP) is 2.26. The van der Waals surface area contributed by atoms with Gasteiger partial charge in [0.15, 0.2) is 8.68 Å². The Hall–Kier alpha value is -1.14. The molecule has 1 amide bonds. The van der Waals surface area contributed by atoms with Gasteiger partial charge in [-0.25, -0.2) is 13.6 Å². The summed E-state index contributed by atoms with van der Waals surface area (Å²) in [5, 5.41) is 15.8. The van der Waals surface area contributed by atoms with Gasteiger partial charge in [0.2, 0.25) is 15.9 Å². The third-order valence-electron chi connectivity index (χ3n) is 3.13. The van der Waals surface area contributed by atoms with Crippen LogP contribution >= 0.6 is 34.9 Å². The number of thioether (sulfide) groups is 2. The van der Waals surface area contributed by atoms with Crippen LogP contribution in [0.5, 0.6) is 0 Å². The highest BCUT2D eigenvalue weighted by atomic mass is 32.2. The highest BCUT2D eigenvalue weighted by Crippen LogP contribution is 2.28. The van der Waals surface area contributed by atoms with Gasteiger partial charge in [0.1, 0.15) is 0 Å². The van der Waals surface area contributed by atoms with E-state index in [1.165, 1.54) is 47.0 Å². The highest BCUT2D eigenvalue weighted by Gasteiger charge is 2.15. The molecule has 0 atom stereocenters. The van der Waals surface area contributed by atoms with Crippen LogP contribution in [0.3, 0.4) is 0 Å². The van der Waals surface area contributed by atoms with E-state index in [1.54, 1.807) is 13.8 Å². The maximum absolute atomic E-state index is 12.1. The van der Waals surface area contributed by atoms with Gasteiger partial charge in [0.25, 0.3) is 0 Å². The number of rotatable bonds is 6. The van der Waals surface area contributed by atoms with Gasteiger partial charge in [-0.2, -0.15) is 0 Å². The fourth-order valence-corrected chi connectivity index (χ4v) is 4.63. The molecule has 3 N–H and O–H groups in total. The van der Waals surface area contributed by atoms with Crippen LogP contribution in [0, 0.1) is 13.8 Å². The molecule has 0 spiro atoms. The largest absolute Gasteiger partial charge is 0.325 e. The number of benzene rings is 1. The molecule has 0 fully saturated rings. The number of amides is 1. The van der Waals surface area contributed by atoms with Crippen molar-refractivity contribution in [1.29, 1.82) is 0 Å². The van der Waals surface area contributed by atoms with Crippen molar-refractivity contribution < 1.29 is 13.2 Å². The van der Waals surface area contributed by atoms with Gasteiger partial charge in [-0.15, -0.1) is 10.2 Å². The molecule has 1 heterocycles. The fourth-order valence-electron chi connectivity index (χ4n) is 1.77. The van der Waals surface area contributed by atoms with Crippen LogP contribution in [-0.4, -0.2) is 36.5 Å². The summed E-state index contributed by atoms with van der Waals surface area (Å²) in [5.41, 5.74) is 1.96. The molecule has 130 valence electrons. The summed E-state index contributed by atoms with van der Waals surface area (Å²) >= 11 is 4.20. The average molecular weight is 405 g/mol. The Bertz CT molecular complexity index is 864.